The number of carbonyl (C=O) groups excluding carboxylic acids is 1. The summed E-state index contributed by atoms with van der Waals surface area (Å²) in [6.07, 6.45) is 2.35. The fourth-order valence-corrected chi connectivity index (χ4v) is 2.17. The first-order chi connectivity index (χ1) is 8.63. The highest BCUT2D eigenvalue weighted by molar-refractivity contribution is 5.83. The van der Waals surface area contributed by atoms with E-state index in [2.05, 4.69) is 0 Å². The Morgan fingerprint density at radius 2 is 2.17 bits per heavy atom. The summed E-state index contributed by atoms with van der Waals surface area (Å²) < 4.78 is 5.14. The van der Waals surface area contributed by atoms with Crippen molar-refractivity contribution in [2.24, 2.45) is 5.92 Å². The van der Waals surface area contributed by atoms with Gasteiger partial charge in [-0.1, -0.05) is 0 Å². The number of carbonyl (C=O) groups is 2. The molecule has 0 aromatic rings. The lowest BCUT2D eigenvalue weighted by Gasteiger charge is -2.36. The Morgan fingerprint density at radius 1 is 1.44 bits per heavy atom. The molecule has 0 bridgehead atoms. The molecular weight excluding hydrogens is 236 g/mol. The van der Waals surface area contributed by atoms with Crippen molar-refractivity contribution in [2.45, 2.75) is 25.8 Å². The van der Waals surface area contributed by atoms with Crippen molar-refractivity contribution in [1.29, 1.82) is 0 Å². The van der Waals surface area contributed by atoms with Gasteiger partial charge in [-0.05, 0) is 25.7 Å². The molecule has 1 saturated heterocycles. The van der Waals surface area contributed by atoms with Crippen LogP contribution in [0.1, 0.15) is 19.8 Å². The van der Waals surface area contributed by atoms with Crippen molar-refractivity contribution in [2.75, 3.05) is 32.8 Å². The summed E-state index contributed by atoms with van der Waals surface area (Å²) in [4.78, 5) is 26.6. The minimum atomic E-state index is -0.995. The Balaban J connectivity index is 2.01. The molecule has 0 spiro atoms. The number of urea groups is 1. The van der Waals surface area contributed by atoms with Crippen LogP contribution in [0, 0.1) is 5.92 Å². The number of nitrogens with zero attached hydrogens (tertiary/aromatic N) is 2. The third-order valence-electron chi connectivity index (χ3n) is 3.49. The number of ether oxygens (including phenoxy) is 1. The van der Waals surface area contributed by atoms with Crippen LogP contribution in [0.4, 0.5) is 4.79 Å². The summed E-state index contributed by atoms with van der Waals surface area (Å²) in [5.74, 6) is -0.385. The second-order valence-corrected chi connectivity index (χ2v) is 4.89. The van der Waals surface area contributed by atoms with Crippen LogP contribution in [0.2, 0.25) is 0 Å². The van der Waals surface area contributed by atoms with E-state index in [0.29, 0.717) is 25.6 Å². The Bertz CT molecular complexity index is 330. The standard InChI is InChI=1S/C12H20N2O4/c1-2-13(7-9-3-4-9)12(17)14-5-6-18-8-10(14)11(15)16/h9-10H,2-8H2,1H3,(H,15,16). The van der Waals surface area contributed by atoms with Crippen LogP contribution in [0.25, 0.3) is 0 Å². The Kier molecular flexibility index (Phi) is 4.06. The number of carboxylic acid groups (broad SMARTS) is 1. The summed E-state index contributed by atoms with van der Waals surface area (Å²) in [6.45, 7) is 4.16. The molecule has 1 atom stereocenters. The van der Waals surface area contributed by atoms with Gasteiger partial charge in [-0.25, -0.2) is 9.59 Å². The van der Waals surface area contributed by atoms with Gasteiger partial charge >= 0.3 is 12.0 Å². The number of amides is 2. The molecule has 1 saturated carbocycles. The first-order valence-corrected chi connectivity index (χ1v) is 6.49. The number of aliphatic carboxylic acids is 1. The highest BCUT2D eigenvalue weighted by Gasteiger charge is 2.36. The van der Waals surface area contributed by atoms with Crippen molar-refractivity contribution < 1.29 is 19.4 Å². The molecule has 2 aliphatic rings. The Morgan fingerprint density at radius 3 is 2.72 bits per heavy atom. The summed E-state index contributed by atoms with van der Waals surface area (Å²) in [7, 11) is 0. The third kappa shape index (κ3) is 2.93. The topological polar surface area (TPSA) is 70.1 Å². The predicted molar refractivity (Wildman–Crippen MR) is 64.3 cm³/mol. The van der Waals surface area contributed by atoms with Gasteiger partial charge in [0.2, 0.25) is 0 Å². The highest BCUT2D eigenvalue weighted by atomic mass is 16.5. The van der Waals surface area contributed by atoms with Gasteiger partial charge in [-0.2, -0.15) is 0 Å². The van der Waals surface area contributed by atoms with E-state index >= 15 is 0 Å². The molecule has 6 heteroatoms. The number of hydrogen-bond donors (Lipinski definition) is 1. The van der Waals surface area contributed by atoms with Gasteiger partial charge in [-0.15, -0.1) is 0 Å². The van der Waals surface area contributed by atoms with Gasteiger partial charge in [0.1, 0.15) is 0 Å². The molecule has 0 radical (unpaired) electrons. The van der Waals surface area contributed by atoms with Crippen molar-refractivity contribution in [3.8, 4) is 0 Å². The predicted octanol–water partition coefficient (Wildman–Crippen LogP) is 0.624. The minimum absolute atomic E-state index is 0.0854. The van der Waals surface area contributed by atoms with Crippen LogP contribution in [-0.4, -0.2) is 65.8 Å². The van der Waals surface area contributed by atoms with E-state index in [1.165, 1.54) is 17.7 Å². The molecule has 1 aliphatic heterocycles. The molecule has 1 heterocycles. The maximum atomic E-state index is 12.3. The lowest BCUT2D eigenvalue weighted by Crippen LogP contribution is -2.56. The van der Waals surface area contributed by atoms with Crippen LogP contribution >= 0.6 is 0 Å². The van der Waals surface area contributed by atoms with Crippen LogP contribution in [-0.2, 0) is 9.53 Å². The lowest BCUT2D eigenvalue weighted by atomic mass is 10.2. The normalized spacial score (nSPS) is 23.8. The summed E-state index contributed by atoms with van der Waals surface area (Å²) in [6, 6.07) is -1.01. The van der Waals surface area contributed by atoms with Crippen molar-refractivity contribution >= 4 is 12.0 Å². The van der Waals surface area contributed by atoms with Gasteiger partial charge in [0.15, 0.2) is 6.04 Å². The molecule has 1 N–H and O–H groups in total. The smallest absolute Gasteiger partial charge is 0.328 e. The zero-order chi connectivity index (χ0) is 13.1. The SMILES string of the molecule is CCN(CC1CC1)C(=O)N1CCOCC1C(=O)O. The van der Waals surface area contributed by atoms with Gasteiger partial charge < -0.3 is 19.6 Å². The maximum Gasteiger partial charge on any atom is 0.328 e. The van der Waals surface area contributed by atoms with E-state index in [1.54, 1.807) is 4.90 Å². The molecule has 1 aliphatic carbocycles. The molecule has 2 rings (SSSR count). The molecule has 102 valence electrons. The minimum Gasteiger partial charge on any atom is -0.480 e. The third-order valence-corrected chi connectivity index (χ3v) is 3.49. The summed E-state index contributed by atoms with van der Waals surface area (Å²) in [5, 5.41) is 9.11. The second-order valence-electron chi connectivity index (χ2n) is 4.89. The lowest BCUT2D eigenvalue weighted by molar-refractivity contribution is -0.147. The molecule has 2 fully saturated rings. The largest absolute Gasteiger partial charge is 0.480 e. The number of rotatable bonds is 4. The number of morpholine rings is 1. The quantitative estimate of drug-likeness (QED) is 0.800. The number of carboxylic acids is 1. The molecule has 0 aromatic carbocycles. The van der Waals surface area contributed by atoms with E-state index in [0.717, 1.165) is 6.54 Å². The van der Waals surface area contributed by atoms with Gasteiger partial charge in [0.05, 0.1) is 13.2 Å². The van der Waals surface area contributed by atoms with Gasteiger partial charge in [0.25, 0.3) is 0 Å². The van der Waals surface area contributed by atoms with Crippen molar-refractivity contribution in [3.05, 3.63) is 0 Å². The first-order valence-electron chi connectivity index (χ1n) is 6.49. The molecule has 18 heavy (non-hydrogen) atoms. The molecular formula is C12H20N2O4. The van der Waals surface area contributed by atoms with E-state index < -0.39 is 12.0 Å². The Hall–Kier alpha value is -1.30. The van der Waals surface area contributed by atoms with E-state index in [1.807, 2.05) is 6.92 Å². The fraction of sp³-hybridized carbons (Fsp3) is 0.833. The summed E-state index contributed by atoms with van der Waals surface area (Å²) >= 11 is 0. The first kappa shape index (κ1) is 13.1. The zero-order valence-electron chi connectivity index (χ0n) is 10.7. The van der Waals surface area contributed by atoms with Gasteiger partial charge in [-0.3, -0.25) is 0 Å². The molecule has 0 aromatic heterocycles. The highest BCUT2D eigenvalue weighted by Crippen LogP contribution is 2.30. The van der Waals surface area contributed by atoms with Crippen molar-refractivity contribution in [1.82, 2.24) is 9.80 Å². The van der Waals surface area contributed by atoms with E-state index in [9.17, 15) is 9.59 Å². The fourth-order valence-electron chi connectivity index (χ4n) is 2.17. The second kappa shape index (κ2) is 5.56. The van der Waals surface area contributed by atoms with Crippen LogP contribution < -0.4 is 0 Å². The van der Waals surface area contributed by atoms with Crippen LogP contribution in [0.5, 0.6) is 0 Å². The van der Waals surface area contributed by atoms with Crippen molar-refractivity contribution in [3.63, 3.8) is 0 Å². The zero-order valence-corrected chi connectivity index (χ0v) is 10.7. The molecule has 2 amide bonds. The summed E-state index contributed by atoms with van der Waals surface area (Å²) in [5.41, 5.74) is 0. The number of hydrogen-bond acceptors (Lipinski definition) is 3. The Labute approximate surface area is 106 Å². The van der Waals surface area contributed by atoms with Gasteiger partial charge in [0, 0.05) is 19.6 Å². The molecule has 1 unspecified atom stereocenters. The van der Waals surface area contributed by atoms with Crippen LogP contribution in [0.3, 0.4) is 0 Å². The maximum absolute atomic E-state index is 12.3. The average molecular weight is 256 g/mol. The average Bonchev–Trinajstić information content (AvgIpc) is 3.19. The van der Waals surface area contributed by atoms with E-state index in [-0.39, 0.29) is 12.6 Å². The monoisotopic (exact) mass is 256 g/mol. The molecule has 6 nitrogen and oxygen atoms in total. The van der Waals surface area contributed by atoms with Crippen LogP contribution in [0.15, 0.2) is 0 Å². The van der Waals surface area contributed by atoms with E-state index in [4.69, 9.17) is 9.84 Å².